The molecule has 0 aliphatic carbocycles. The molecular formula is C8H19OP. The van der Waals surface area contributed by atoms with Crippen molar-refractivity contribution in [2.24, 2.45) is 0 Å². The predicted octanol–water partition coefficient (Wildman–Crippen LogP) is 3.15. The zero-order valence-electron chi connectivity index (χ0n) is 7.15. The molecule has 0 aromatic heterocycles. The Kier molecular flexibility index (Phi) is 7.51. The number of hydrogen-bond acceptors (Lipinski definition) is 1. The van der Waals surface area contributed by atoms with Crippen LogP contribution < -0.4 is 0 Å². The lowest BCUT2D eigenvalue weighted by molar-refractivity contribution is 0.584. The van der Waals surface area contributed by atoms with Gasteiger partial charge in [0, 0.05) is 0 Å². The molecule has 0 amide bonds. The largest absolute Gasteiger partial charge is 0.327 e. The molecule has 0 spiro atoms. The standard InChI is InChI=1S/C8H19OP/c1-3-5-6-7-8-10(9)4-2/h10H,3-8H2,1-2H3. The van der Waals surface area contributed by atoms with Gasteiger partial charge in [0.2, 0.25) is 0 Å². The smallest absolute Gasteiger partial charge is 0.0759 e. The van der Waals surface area contributed by atoms with Gasteiger partial charge in [-0.15, -0.1) is 0 Å². The summed E-state index contributed by atoms with van der Waals surface area (Å²) in [5.41, 5.74) is 0. The minimum absolute atomic E-state index is 0.900. The molecule has 10 heavy (non-hydrogen) atoms. The van der Waals surface area contributed by atoms with Crippen LogP contribution in [0.3, 0.4) is 0 Å². The summed E-state index contributed by atoms with van der Waals surface area (Å²) < 4.78 is 11.0. The Balaban J connectivity index is 2.96. The van der Waals surface area contributed by atoms with E-state index < -0.39 is 7.80 Å². The van der Waals surface area contributed by atoms with Gasteiger partial charge < -0.3 is 4.57 Å². The molecule has 0 aromatic rings. The Hall–Kier alpha value is 0.230. The summed E-state index contributed by atoms with van der Waals surface area (Å²) in [6, 6.07) is 0. The molecule has 2 heteroatoms. The summed E-state index contributed by atoms with van der Waals surface area (Å²) >= 11 is 0. The van der Waals surface area contributed by atoms with Gasteiger partial charge >= 0.3 is 0 Å². The maximum absolute atomic E-state index is 11.0. The molecule has 0 bridgehead atoms. The van der Waals surface area contributed by atoms with Gasteiger partial charge in [-0.05, 0) is 18.7 Å². The molecule has 1 nitrogen and oxygen atoms in total. The van der Waals surface area contributed by atoms with Crippen molar-refractivity contribution in [3.05, 3.63) is 0 Å². The summed E-state index contributed by atoms with van der Waals surface area (Å²) in [6.07, 6.45) is 6.91. The summed E-state index contributed by atoms with van der Waals surface area (Å²) in [5, 5.41) is 0. The number of hydrogen-bond donors (Lipinski definition) is 0. The van der Waals surface area contributed by atoms with Crippen molar-refractivity contribution in [1.82, 2.24) is 0 Å². The van der Waals surface area contributed by atoms with Gasteiger partial charge in [-0.2, -0.15) is 0 Å². The second kappa shape index (κ2) is 7.34. The van der Waals surface area contributed by atoms with Gasteiger partial charge in [0.15, 0.2) is 0 Å². The van der Waals surface area contributed by atoms with Crippen LogP contribution in [0.4, 0.5) is 0 Å². The van der Waals surface area contributed by atoms with Crippen molar-refractivity contribution >= 4 is 7.80 Å². The van der Waals surface area contributed by atoms with Gasteiger partial charge in [-0.3, -0.25) is 0 Å². The Morgan fingerprint density at radius 3 is 2.30 bits per heavy atom. The van der Waals surface area contributed by atoms with Crippen LogP contribution in [-0.4, -0.2) is 12.3 Å². The van der Waals surface area contributed by atoms with Crippen molar-refractivity contribution in [1.29, 1.82) is 0 Å². The van der Waals surface area contributed by atoms with Crippen molar-refractivity contribution in [3.63, 3.8) is 0 Å². The lowest BCUT2D eigenvalue weighted by Crippen LogP contribution is -1.81. The predicted molar refractivity (Wildman–Crippen MR) is 48.6 cm³/mol. The molecule has 0 aromatic carbocycles. The minimum Gasteiger partial charge on any atom is -0.327 e. The van der Waals surface area contributed by atoms with E-state index in [0.717, 1.165) is 12.3 Å². The van der Waals surface area contributed by atoms with E-state index in [-0.39, 0.29) is 0 Å². The van der Waals surface area contributed by atoms with E-state index in [2.05, 4.69) is 6.92 Å². The van der Waals surface area contributed by atoms with Gasteiger partial charge in [0.25, 0.3) is 0 Å². The fourth-order valence-electron chi connectivity index (χ4n) is 0.926. The molecular weight excluding hydrogens is 143 g/mol. The first-order valence-corrected chi connectivity index (χ1v) is 6.15. The van der Waals surface area contributed by atoms with Crippen molar-refractivity contribution < 1.29 is 4.57 Å². The second-order valence-electron chi connectivity index (χ2n) is 2.70. The summed E-state index contributed by atoms with van der Waals surface area (Å²) in [4.78, 5) is 0. The zero-order chi connectivity index (χ0) is 7.82. The van der Waals surface area contributed by atoms with Crippen LogP contribution in [0.1, 0.15) is 39.5 Å². The first-order valence-electron chi connectivity index (χ1n) is 4.33. The van der Waals surface area contributed by atoms with Crippen LogP contribution >= 0.6 is 7.80 Å². The highest BCUT2D eigenvalue weighted by molar-refractivity contribution is 7.44. The van der Waals surface area contributed by atoms with Gasteiger partial charge in [-0.25, -0.2) is 0 Å². The van der Waals surface area contributed by atoms with Crippen molar-refractivity contribution in [2.45, 2.75) is 39.5 Å². The molecule has 0 fully saturated rings. The molecule has 0 N–H and O–H groups in total. The SMILES string of the molecule is CCCCCC[PH](=O)CC. The van der Waals surface area contributed by atoms with Gasteiger partial charge in [-0.1, -0.05) is 33.1 Å². The molecule has 0 rings (SSSR count). The number of unbranched alkanes of at least 4 members (excludes halogenated alkanes) is 3. The average molecular weight is 162 g/mol. The topological polar surface area (TPSA) is 17.1 Å². The van der Waals surface area contributed by atoms with Crippen LogP contribution in [0.2, 0.25) is 0 Å². The normalized spacial score (nSPS) is 13.4. The Labute approximate surface area is 65.0 Å². The first kappa shape index (κ1) is 10.2. The van der Waals surface area contributed by atoms with Crippen LogP contribution in [0.25, 0.3) is 0 Å². The quantitative estimate of drug-likeness (QED) is 0.433. The fourth-order valence-corrected chi connectivity index (χ4v) is 1.92. The summed E-state index contributed by atoms with van der Waals surface area (Å²) in [7, 11) is -1.16. The molecule has 0 radical (unpaired) electrons. The number of rotatable bonds is 6. The van der Waals surface area contributed by atoms with E-state index >= 15 is 0 Å². The highest BCUT2D eigenvalue weighted by Crippen LogP contribution is 2.21. The van der Waals surface area contributed by atoms with Crippen LogP contribution in [-0.2, 0) is 4.57 Å². The molecule has 1 atom stereocenters. The molecule has 0 heterocycles. The summed E-state index contributed by atoms with van der Waals surface area (Å²) in [5.74, 6) is 0. The average Bonchev–Trinajstić information content (AvgIpc) is 1.98. The minimum atomic E-state index is -1.16. The lowest BCUT2D eigenvalue weighted by Gasteiger charge is -1.97. The van der Waals surface area contributed by atoms with E-state index in [9.17, 15) is 4.57 Å². The maximum Gasteiger partial charge on any atom is 0.0759 e. The van der Waals surface area contributed by atoms with Crippen molar-refractivity contribution in [2.75, 3.05) is 12.3 Å². The van der Waals surface area contributed by atoms with Gasteiger partial charge in [0.05, 0.1) is 7.80 Å². The van der Waals surface area contributed by atoms with E-state index in [4.69, 9.17) is 0 Å². The van der Waals surface area contributed by atoms with Crippen LogP contribution in [0.5, 0.6) is 0 Å². The zero-order valence-corrected chi connectivity index (χ0v) is 8.15. The molecule has 1 unspecified atom stereocenters. The van der Waals surface area contributed by atoms with E-state index in [1.165, 1.54) is 25.7 Å². The third-order valence-electron chi connectivity index (χ3n) is 1.70. The van der Waals surface area contributed by atoms with Crippen LogP contribution in [0.15, 0.2) is 0 Å². The molecule has 0 saturated heterocycles. The Morgan fingerprint density at radius 1 is 1.10 bits per heavy atom. The second-order valence-corrected chi connectivity index (χ2v) is 4.99. The maximum atomic E-state index is 11.0. The third-order valence-corrected chi connectivity index (χ3v) is 3.40. The monoisotopic (exact) mass is 162 g/mol. The fraction of sp³-hybridized carbons (Fsp3) is 1.00. The van der Waals surface area contributed by atoms with E-state index in [1.807, 2.05) is 6.92 Å². The molecule has 0 aliphatic heterocycles. The third kappa shape index (κ3) is 6.35. The van der Waals surface area contributed by atoms with Gasteiger partial charge in [0.1, 0.15) is 0 Å². The molecule has 0 saturated carbocycles. The highest BCUT2D eigenvalue weighted by Gasteiger charge is 1.94. The molecule has 0 aliphatic rings. The van der Waals surface area contributed by atoms with Crippen molar-refractivity contribution in [3.8, 4) is 0 Å². The van der Waals surface area contributed by atoms with E-state index in [1.54, 1.807) is 0 Å². The van der Waals surface area contributed by atoms with Crippen LogP contribution in [0, 0.1) is 0 Å². The Morgan fingerprint density at radius 2 is 1.80 bits per heavy atom. The first-order chi connectivity index (χ1) is 4.81. The lowest BCUT2D eigenvalue weighted by atomic mass is 10.2. The molecule has 62 valence electrons. The van der Waals surface area contributed by atoms with E-state index in [0.29, 0.717) is 0 Å². The summed E-state index contributed by atoms with van der Waals surface area (Å²) in [6.45, 7) is 4.21. The highest BCUT2D eigenvalue weighted by atomic mass is 31.1. The Bertz CT molecular complexity index is 91.3.